The fraction of sp³-hybridized carbons (Fsp3) is 0.615. The number of carboxylic acids is 1. The molecule has 0 bridgehead atoms. The van der Waals surface area contributed by atoms with Crippen molar-refractivity contribution < 1.29 is 14.3 Å². The summed E-state index contributed by atoms with van der Waals surface area (Å²) >= 11 is 3.28. The average Bonchev–Trinajstić information content (AvgIpc) is 2.76. The first-order valence-electron chi connectivity index (χ1n) is 6.33. The van der Waals surface area contributed by atoms with Gasteiger partial charge in [-0.25, -0.2) is 0 Å². The lowest BCUT2D eigenvalue weighted by Gasteiger charge is -2.43. The molecule has 0 spiro atoms. The van der Waals surface area contributed by atoms with Crippen molar-refractivity contribution in [3.63, 3.8) is 0 Å². The highest BCUT2D eigenvalue weighted by Crippen LogP contribution is 2.35. The number of carboxylic acid groups (broad SMARTS) is 1. The number of halogens is 1. The molecule has 0 aromatic carbocycles. The molecule has 1 atom stereocenters. The van der Waals surface area contributed by atoms with Gasteiger partial charge in [0.1, 0.15) is 5.76 Å². The Morgan fingerprint density at radius 2 is 2.05 bits per heavy atom. The van der Waals surface area contributed by atoms with E-state index >= 15 is 0 Å². The van der Waals surface area contributed by atoms with Crippen LogP contribution in [-0.2, 0) is 10.3 Å². The molecule has 1 aliphatic heterocycles. The van der Waals surface area contributed by atoms with Crippen LogP contribution in [-0.4, -0.2) is 54.1 Å². The van der Waals surface area contributed by atoms with Gasteiger partial charge in [0.2, 0.25) is 0 Å². The maximum Gasteiger partial charge on any atom is 0.305 e. The summed E-state index contributed by atoms with van der Waals surface area (Å²) in [7, 11) is 2.08. The molecule has 0 amide bonds. The number of hydrogen-bond acceptors (Lipinski definition) is 4. The maximum atomic E-state index is 11.2. The Labute approximate surface area is 121 Å². The second-order valence-corrected chi connectivity index (χ2v) is 6.02. The molecule has 1 fully saturated rings. The fourth-order valence-electron chi connectivity index (χ4n) is 2.55. The van der Waals surface area contributed by atoms with E-state index in [1.807, 2.05) is 19.1 Å². The zero-order valence-electron chi connectivity index (χ0n) is 11.2. The summed E-state index contributed by atoms with van der Waals surface area (Å²) in [5.41, 5.74) is -0.598. The van der Waals surface area contributed by atoms with Crippen molar-refractivity contribution in [1.29, 1.82) is 0 Å². The van der Waals surface area contributed by atoms with E-state index in [9.17, 15) is 9.90 Å². The quantitative estimate of drug-likeness (QED) is 0.914. The minimum Gasteiger partial charge on any atom is -0.481 e. The molecule has 1 aromatic heterocycles. The van der Waals surface area contributed by atoms with Crippen LogP contribution in [0.25, 0.3) is 0 Å². The van der Waals surface area contributed by atoms with Gasteiger partial charge in [-0.2, -0.15) is 0 Å². The van der Waals surface area contributed by atoms with E-state index < -0.39 is 11.5 Å². The van der Waals surface area contributed by atoms with Crippen LogP contribution in [0.2, 0.25) is 0 Å². The fourth-order valence-corrected chi connectivity index (χ4v) is 2.86. The molecular weight excluding hydrogens is 312 g/mol. The molecule has 19 heavy (non-hydrogen) atoms. The number of carbonyl (C=O) groups is 1. The van der Waals surface area contributed by atoms with E-state index in [4.69, 9.17) is 4.42 Å². The van der Waals surface area contributed by atoms with E-state index in [0.717, 1.165) is 26.2 Å². The summed E-state index contributed by atoms with van der Waals surface area (Å²) < 4.78 is 6.26. The molecule has 5 nitrogen and oxygen atoms in total. The van der Waals surface area contributed by atoms with Crippen LogP contribution in [0.3, 0.4) is 0 Å². The largest absolute Gasteiger partial charge is 0.481 e. The highest BCUT2D eigenvalue weighted by molar-refractivity contribution is 9.10. The zero-order chi connectivity index (χ0) is 14.0. The number of likely N-dealkylation sites (N-methyl/N-ethyl adjacent to an activating group) is 1. The minimum absolute atomic E-state index is 0.0384. The lowest BCUT2D eigenvalue weighted by Crippen LogP contribution is -2.54. The lowest BCUT2D eigenvalue weighted by molar-refractivity contribution is -0.141. The summed E-state index contributed by atoms with van der Waals surface area (Å²) in [4.78, 5) is 15.7. The molecule has 106 valence electrons. The molecule has 0 radical (unpaired) electrons. The number of piperazine rings is 1. The van der Waals surface area contributed by atoms with E-state index in [1.165, 1.54) is 0 Å². The van der Waals surface area contributed by atoms with Crippen molar-refractivity contribution in [2.45, 2.75) is 18.9 Å². The average molecular weight is 331 g/mol. The van der Waals surface area contributed by atoms with E-state index in [-0.39, 0.29) is 6.42 Å². The third kappa shape index (κ3) is 3.19. The standard InChI is InChI=1S/C13H19BrN2O3/c1-13(9-12(17)18,10-3-4-11(14)19-10)16-7-5-15(2)6-8-16/h3-4H,5-9H2,1-2H3,(H,17,18). The van der Waals surface area contributed by atoms with Gasteiger partial charge in [-0.1, -0.05) is 0 Å². The molecule has 1 unspecified atom stereocenters. The first kappa shape index (κ1) is 14.6. The maximum absolute atomic E-state index is 11.2. The van der Waals surface area contributed by atoms with Gasteiger partial charge in [0, 0.05) is 26.2 Å². The van der Waals surface area contributed by atoms with Crippen LogP contribution in [0.15, 0.2) is 21.2 Å². The molecule has 0 saturated carbocycles. The van der Waals surface area contributed by atoms with Crippen LogP contribution >= 0.6 is 15.9 Å². The van der Waals surface area contributed by atoms with Crippen LogP contribution in [0.4, 0.5) is 0 Å². The van der Waals surface area contributed by atoms with Gasteiger partial charge in [0.15, 0.2) is 4.67 Å². The number of aliphatic carboxylic acids is 1. The Balaban J connectivity index is 2.26. The Kier molecular flexibility index (Phi) is 4.32. The van der Waals surface area contributed by atoms with Gasteiger partial charge >= 0.3 is 5.97 Å². The Bertz CT molecular complexity index is 454. The predicted octanol–water partition coefficient (Wildman–Crippen LogP) is 1.98. The molecule has 1 saturated heterocycles. The van der Waals surface area contributed by atoms with Crippen LogP contribution in [0, 0.1) is 0 Å². The van der Waals surface area contributed by atoms with Crippen LogP contribution in [0.5, 0.6) is 0 Å². The second kappa shape index (κ2) is 5.64. The third-order valence-electron chi connectivity index (χ3n) is 3.80. The summed E-state index contributed by atoms with van der Waals surface area (Å²) in [6.07, 6.45) is 0.0384. The number of nitrogens with zero attached hydrogens (tertiary/aromatic N) is 2. The topological polar surface area (TPSA) is 56.9 Å². The minimum atomic E-state index is -0.811. The highest BCUT2D eigenvalue weighted by Gasteiger charge is 2.39. The van der Waals surface area contributed by atoms with Crippen molar-refractivity contribution in [2.24, 2.45) is 0 Å². The van der Waals surface area contributed by atoms with Gasteiger partial charge in [-0.15, -0.1) is 0 Å². The van der Waals surface area contributed by atoms with Gasteiger partial charge < -0.3 is 14.4 Å². The van der Waals surface area contributed by atoms with Gasteiger partial charge in [-0.05, 0) is 42.0 Å². The zero-order valence-corrected chi connectivity index (χ0v) is 12.8. The summed E-state index contributed by atoms with van der Waals surface area (Å²) in [6.45, 7) is 5.52. The number of rotatable bonds is 4. The molecular formula is C13H19BrN2O3. The van der Waals surface area contributed by atoms with Crippen LogP contribution in [0.1, 0.15) is 19.1 Å². The van der Waals surface area contributed by atoms with E-state index in [0.29, 0.717) is 10.4 Å². The molecule has 0 aliphatic carbocycles. The number of hydrogen-bond donors (Lipinski definition) is 1. The van der Waals surface area contributed by atoms with Crippen molar-refractivity contribution in [1.82, 2.24) is 9.80 Å². The highest BCUT2D eigenvalue weighted by atomic mass is 79.9. The normalized spacial score (nSPS) is 21.2. The Morgan fingerprint density at radius 1 is 1.42 bits per heavy atom. The van der Waals surface area contributed by atoms with Crippen molar-refractivity contribution in [3.05, 3.63) is 22.6 Å². The second-order valence-electron chi connectivity index (χ2n) is 5.24. The van der Waals surface area contributed by atoms with Crippen molar-refractivity contribution >= 4 is 21.9 Å². The summed E-state index contributed by atoms with van der Waals surface area (Å²) in [5, 5.41) is 9.21. The van der Waals surface area contributed by atoms with E-state index in [1.54, 1.807) is 0 Å². The van der Waals surface area contributed by atoms with Gasteiger partial charge in [0.25, 0.3) is 0 Å². The number of furan rings is 1. The van der Waals surface area contributed by atoms with Gasteiger partial charge in [0.05, 0.1) is 12.0 Å². The molecule has 2 heterocycles. The van der Waals surface area contributed by atoms with Gasteiger partial charge in [-0.3, -0.25) is 9.69 Å². The van der Waals surface area contributed by atoms with Crippen molar-refractivity contribution in [2.75, 3.05) is 33.2 Å². The van der Waals surface area contributed by atoms with E-state index in [2.05, 4.69) is 32.8 Å². The Morgan fingerprint density at radius 3 is 2.53 bits per heavy atom. The van der Waals surface area contributed by atoms with Crippen LogP contribution < -0.4 is 0 Å². The lowest BCUT2D eigenvalue weighted by atomic mass is 9.91. The summed E-state index contributed by atoms with van der Waals surface area (Å²) in [5.74, 6) is -0.111. The molecule has 1 N–H and O–H groups in total. The third-order valence-corrected chi connectivity index (χ3v) is 4.23. The molecule has 1 aromatic rings. The first-order valence-corrected chi connectivity index (χ1v) is 7.12. The monoisotopic (exact) mass is 330 g/mol. The smallest absolute Gasteiger partial charge is 0.305 e. The van der Waals surface area contributed by atoms with Crippen molar-refractivity contribution in [3.8, 4) is 0 Å². The molecule has 6 heteroatoms. The predicted molar refractivity (Wildman–Crippen MR) is 75.1 cm³/mol. The first-order chi connectivity index (χ1) is 8.91. The molecule has 2 rings (SSSR count). The SMILES string of the molecule is CN1CCN(C(C)(CC(=O)O)c2ccc(Br)o2)CC1. The summed E-state index contributed by atoms with van der Waals surface area (Å²) in [6, 6.07) is 3.66. The molecule has 1 aliphatic rings. The Hall–Kier alpha value is -0.850.